The molecule has 1 unspecified atom stereocenters. The maximum Gasteiger partial charge on any atom is 0.181 e. The normalized spacial score (nSPS) is 25.4. The van der Waals surface area contributed by atoms with E-state index >= 15 is 0 Å². The zero-order valence-electron chi connectivity index (χ0n) is 9.42. The topological polar surface area (TPSA) is 26.0 Å². The van der Waals surface area contributed by atoms with Gasteiger partial charge >= 0.3 is 0 Å². The van der Waals surface area contributed by atoms with E-state index in [1.54, 1.807) is 0 Å². The van der Waals surface area contributed by atoms with Crippen molar-refractivity contribution in [2.45, 2.75) is 51.3 Å². The van der Waals surface area contributed by atoms with Crippen LogP contribution in [-0.4, -0.2) is 4.98 Å². The van der Waals surface area contributed by atoms with Gasteiger partial charge in [-0.2, -0.15) is 0 Å². The molecule has 1 atom stereocenters. The van der Waals surface area contributed by atoms with Crippen LogP contribution in [0.5, 0.6) is 0 Å². The van der Waals surface area contributed by atoms with E-state index in [2.05, 4.69) is 18.8 Å². The predicted molar refractivity (Wildman–Crippen MR) is 61.1 cm³/mol. The van der Waals surface area contributed by atoms with Crippen molar-refractivity contribution in [3.8, 4) is 0 Å². The summed E-state index contributed by atoms with van der Waals surface area (Å²) in [6.07, 6.45) is 6.61. The minimum Gasteiger partial charge on any atom is -0.448 e. The molecule has 1 heterocycles. The summed E-state index contributed by atoms with van der Waals surface area (Å²) >= 11 is 5.86. The molecule has 0 radical (unpaired) electrons. The first kappa shape index (κ1) is 11.0. The standard InChI is InChI=1S/C12H18ClNO/c1-12(2)6-4-3-5-9(12)11-10(7-13)14-8-15-11/h8-9H,3-7H2,1-2H3. The molecule has 3 heteroatoms. The Bertz CT molecular complexity index is 332. The molecule has 0 bridgehead atoms. The Kier molecular flexibility index (Phi) is 3.06. The van der Waals surface area contributed by atoms with Crippen LogP contribution < -0.4 is 0 Å². The first-order valence-corrected chi connectivity index (χ1v) is 6.17. The monoisotopic (exact) mass is 227 g/mol. The summed E-state index contributed by atoms with van der Waals surface area (Å²) in [5, 5.41) is 0. The van der Waals surface area contributed by atoms with Gasteiger partial charge in [0, 0.05) is 5.92 Å². The molecule has 1 aliphatic rings. The van der Waals surface area contributed by atoms with Crippen molar-refractivity contribution in [3.63, 3.8) is 0 Å². The minimum atomic E-state index is 0.318. The van der Waals surface area contributed by atoms with E-state index in [1.807, 2.05) is 0 Å². The highest BCUT2D eigenvalue weighted by Gasteiger charge is 2.36. The average Bonchev–Trinajstić information content (AvgIpc) is 2.64. The molecule has 2 rings (SSSR count). The Labute approximate surface area is 96.0 Å². The van der Waals surface area contributed by atoms with Crippen LogP contribution in [0.2, 0.25) is 0 Å². The number of nitrogens with zero attached hydrogens (tertiary/aromatic N) is 1. The van der Waals surface area contributed by atoms with E-state index in [4.69, 9.17) is 16.0 Å². The van der Waals surface area contributed by atoms with Crippen LogP contribution in [0.3, 0.4) is 0 Å². The van der Waals surface area contributed by atoms with Crippen molar-refractivity contribution in [2.75, 3.05) is 0 Å². The average molecular weight is 228 g/mol. The van der Waals surface area contributed by atoms with Crippen LogP contribution in [0.4, 0.5) is 0 Å². The maximum absolute atomic E-state index is 5.86. The van der Waals surface area contributed by atoms with Crippen molar-refractivity contribution in [3.05, 3.63) is 17.8 Å². The van der Waals surface area contributed by atoms with Crippen LogP contribution in [0.15, 0.2) is 10.8 Å². The van der Waals surface area contributed by atoms with Gasteiger partial charge in [-0.3, -0.25) is 0 Å². The summed E-state index contributed by atoms with van der Waals surface area (Å²) in [5.74, 6) is 1.97. The highest BCUT2D eigenvalue weighted by atomic mass is 35.5. The lowest BCUT2D eigenvalue weighted by molar-refractivity contribution is 0.177. The van der Waals surface area contributed by atoms with Crippen LogP contribution in [0.1, 0.15) is 56.9 Å². The molecule has 0 aromatic carbocycles. The zero-order chi connectivity index (χ0) is 10.9. The van der Waals surface area contributed by atoms with Crippen molar-refractivity contribution in [1.82, 2.24) is 4.98 Å². The van der Waals surface area contributed by atoms with E-state index in [1.165, 1.54) is 32.1 Å². The molecular formula is C12H18ClNO. The fraction of sp³-hybridized carbons (Fsp3) is 0.750. The van der Waals surface area contributed by atoms with Gasteiger partial charge in [0.05, 0.1) is 11.6 Å². The third kappa shape index (κ3) is 2.05. The van der Waals surface area contributed by atoms with E-state index in [0.29, 0.717) is 17.2 Å². The van der Waals surface area contributed by atoms with Crippen LogP contribution in [0.25, 0.3) is 0 Å². The predicted octanol–water partition coefficient (Wildman–Crippen LogP) is 4.10. The molecule has 0 amide bonds. The molecule has 0 N–H and O–H groups in total. The number of rotatable bonds is 2. The highest BCUT2D eigenvalue weighted by molar-refractivity contribution is 6.16. The molecule has 1 aliphatic carbocycles. The zero-order valence-corrected chi connectivity index (χ0v) is 10.2. The SMILES string of the molecule is CC1(C)CCCCC1c1ocnc1CCl. The van der Waals surface area contributed by atoms with Crippen molar-refractivity contribution in [1.29, 1.82) is 0 Å². The summed E-state index contributed by atoms with van der Waals surface area (Å²) in [6.45, 7) is 4.63. The van der Waals surface area contributed by atoms with Gasteiger partial charge in [-0.05, 0) is 18.3 Å². The number of hydrogen-bond donors (Lipinski definition) is 0. The third-order valence-electron chi connectivity index (χ3n) is 3.62. The summed E-state index contributed by atoms with van der Waals surface area (Å²) < 4.78 is 5.54. The number of hydrogen-bond acceptors (Lipinski definition) is 2. The van der Waals surface area contributed by atoms with Gasteiger partial charge in [0.25, 0.3) is 0 Å². The first-order valence-electron chi connectivity index (χ1n) is 5.63. The molecule has 0 saturated heterocycles. The third-order valence-corrected chi connectivity index (χ3v) is 3.88. The largest absolute Gasteiger partial charge is 0.448 e. The van der Waals surface area contributed by atoms with Gasteiger partial charge in [-0.25, -0.2) is 4.98 Å². The Balaban J connectivity index is 2.28. The Hall–Kier alpha value is -0.500. The molecule has 15 heavy (non-hydrogen) atoms. The maximum atomic E-state index is 5.86. The smallest absolute Gasteiger partial charge is 0.181 e. The quantitative estimate of drug-likeness (QED) is 0.711. The molecule has 1 aromatic rings. The highest BCUT2D eigenvalue weighted by Crippen LogP contribution is 2.47. The Morgan fingerprint density at radius 2 is 2.33 bits per heavy atom. The summed E-state index contributed by atoms with van der Waals surface area (Å²) in [7, 11) is 0. The van der Waals surface area contributed by atoms with Gasteiger partial charge in [-0.1, -0.05) is 26.7 Å². The van der Waals surface area contributed by atoms with Crippen LogP contribution >= 0.6 is 11.6 Å². The van der Waals surface area contributed by atoms with Gasteiger partial charge in [0.2, 0.25) is 0 Å². The molecule has 1 aromatic heterocycles. The van der Waals surface area contributed by atoms with Gasteiger partial charge in [0.1, 0.15) is 5.76 Å². The Morgan fingerprint density at radius 3 is 3.00 bits per heavy atom. The molecule has 1 saturated carbocycles. The van der Waals surface area contributed by atoms with Crippen LogP contribution in [0, 0.1) is 5.41 Å². The van der Waals surface area contributed by atoms with Crippen molar-refractivity contribution in [2.24, 2.45) is 5.41 Å². The molecule has 0 spiro atoms. The number of alkyl halides is 1. The van der Waals surface area contributed by atoms with E-state index in [9.17, 15) is 0 Å². The van der Waals surface area contributed by atoms with Gasteiger partial charge in [0.15, 0.2) is 6.39 Å². The second-order valence-electron chi connectivity index (χ2n) is 5.08. The lowest BCUT2D eigenvalue weighted by Crippen LogP contribution is -2.26. The molecular weight excluding hydrogens is 210 g/mol. The number of oxazole rings is 1. The molecule has 84 valence electrons. The summed E-state index contributed by atoms with van der Waals surface area (Å²) in [6, 6.07) is 0. The molecule has 2 nitrogen and oxygen atoms in total. The number of aromatic nitrogens is 1. The fourth-order valence-corrected chi connectivity index (χ4v) is 2.84. The Morgan fingerprint density at radius 1 is 1.53 bits per heavy atom. The lowest BCUT2D eigenvalue weighted by atomic mass is 9.67. The summed E-state index contributed by atoms with van der Waals surface area (Å²) in [5.41, 5.74) is 1.25. The van der Waals surface area contributed by atoms with Crippen molar-refractivity contribution >= 4 is 11.6 Å². The van der Waals surface area contributed by atoms with E-state index in [-0.39, 0.29) is 0 Å². The van der Waals surface area contributed by atoms with Crippen molar-refractivity contribution < 1.29 is 4.42 Å². The van der Waals surface area contributed by atoms with E-state index < -0.39 is 0 Å². The molecule has 1 fully saturated rings. The second-order valence-corrected chi connectivity index (χ2v) is 5.35. The lowest BCUT2D eigenvalue weighted by Gasteiger charge is -2.37. The second kappa shape index (κ2) is 4.17. The minimum absolute atomic E-state index is 0.318. The van der Waals surface area contributed by atoms with E-state index in [0.717, 1.165) is 11.5 Å². The van der Waals surface area contributed by atoms with Gasteiger partial charge in [-0.15, -0.1) is 11.6 Å². The first-order chi connectivity index (χ1) is 7.15. The molecule has 0 aliphatic heterocycles. The summed E-state index contributed by atoms with van der Waals surface area (Å²) in [4.78, 5) is 4.18. The number of halogens is 1. The van der Waals surface area contributed by atoms with Crippen LogP contribution in [-0.2, 0) is 5.88 Å². The van der Waals surface area contributed by atoms with Gasteiger partial charge < -0.3 is 4.42 Å². The fourth-order valence-electron chi connectivity index (χ4n) is 2.64.